The number of carbonyl (C=O) groups excluding carboxylic acids is 1. The molecule has 0 amide bonds. The predicted octanol–water partition coefficient (Wildman–Crippen LogP) is 5.11. The van der Waals surface area contributed by atoms with Crippen molar-refractivity contribution in [2.24, 2.45) is 0 Å². The average Bonchev–Trinajstić information content (AvgIpc) is 3.21. The summed E-state index contributed by atoms with van der Waals surface area (Å²) in [5.41, 5.74) is 3.32. The zero-order valence-corrected chi connectivity index (χ0v) is 20.7. The van der Waals surface area contributed by atoms with E-state index < -0.39 is 13.9 Å². The van der Waals surface area contributed by atoms with Crippen molar-refractivity contribution in [2.75, 3.05) is 0 Å². The van der Waals surface area contributed by atoms with Crippen molar-refractivity contribution in [1.29, 1.82) is 0 Å². The Bertz CT molecular complexity index is 1320. The molecule has 0 bridgehead atoms. The molecule has 7 heteroatoms. The van der Waals surface area contributed by atoms with Crippen LogP contribution in [0.1, 0.15) is 50.8 Å². The number of hydrogen-bond acceptors (Lipinski definition) is 5. The van der Waals surface area contributed by atoms with E-state index in [9.17, 15) is 9.59 Å². The van der Waals surface area contributed by atoms with Gasteiger partial charge in [-0.25, -0.2) is 9.78 Å². The molecule has 0 spiro atoms. The second-order valence-electron chi connectivity index (χ2n) is 9.10. The Balaban J connectivity index is 1.74. The summed E-state index contributed by atoms with van der Waals surface area (Å²) >= 11 is 0. The first-order chi connectivity index (χ1) is 15.9. The maximum Gasteiger partial charge on any atom is 0.342 e. The zero-order chi connectivity index (χ0) is 23.4. The lowest BCUT2D eigenvalue weighted by atomic mass is 9.86. The molecule has 2 aliphatic heterocycles. The molecule has 6 nitrogen and oxygen atoms in total. The van der Waals surface area contributed by atoms with Crippen molar-refractivity contribution in [1.82, 2.24) is 9.55 Å². The number of fused-ring (bicyclic) bond motifs is 5. The van der Waals surface area contributed by atoms with Gasteiger partial charge in [0.2, 0.25) is 0 Å². The molecular formula is C26H30N2O4Si. The molecule has 0 N–H and O–H groups in total. The van der Waals surface area contributed by atoms with Gasteiger partial charge >= 0.3 is 5.97 Å². The van der Waals surface area contributed by atoms with E-state index in [1.54, 1.807) is 4.57 Å². The summed E-state index contributed by atoms with van der Waals surface area (Å²) in [7, 11) is -2.18. The first kappa shape index (κ1) is 22.0. The van der Waals surface area contributed by atoms with E-state index in [1.165, 1.54) is 0 Å². The number of cyclic esters (lactones) is 1. The Morgan fingerprint density at radius 3 is 2.52 bits per heavy atom. The zero-order valence-electron chi connectivity index (χ0n) is 19.7. The van der Waals surface area contributed by atoms with Gasteiger partial charge in [-0.3, -0.25) is 4.79 Å². The summed E-state index contributed by atoms with van der Waals surface area (Å²) in [6.45, 7) is 8.83. The van der Waals surface area contributed by atoms with Gasteiger partial charge in [0, 0.05) is 16.5 Å². The molecule has 0 saturated heterocycles. The molecule has 0 radical (unpaired) electrons. The Morgan fingerprint density at radius 1 is 1.09 bits per heavy atom. The number of benzene rings is 1. The van der Waals surface area contributed by atoms with E-state index in [2.05, 4.69) is 26.8 Å². The number of aromatic nitrogens is 2. The fourth-order valence-corrected chi connectivity index (χ4v) is 8.43. The third-order valence-corrected chi connectivity index (χ3v) is 12.4. The van der Waals surface area contributed by atoms with Crippen molar-refractivity contribution >= 4 is 25.2 Å². The number of ether oxygens (including phenoxy) is 1. The fraction of sp³-hybridized carbons (Fsp3) is 0.423. The number of rotatable bonds is 6. The van der Waals surface area contributed by atoms with Gasteiger partial charge in [-0.05, 0) is 42.8 Å². The van der Waals surface area contributed by atoms with Gasteiger partial charge in [0.1, 0.15) is 6.61 Å². The monoisotopic (exact) mass is 462 g/mol. The van der Waals surface area contributed by atoms with Crippen LogP contribution >= 0.6 is 0 Å². The first-order valence-corrected chi connectivity index (χ1v) is 14.5. The van der Waals surface area contributed by atoms with E-state index in [-0.39, 0.29) is 18.1 Å². The number of hydrogen-bond donors (Lipinski definition) is 0. The summed E-state index contributed by atoms with van der Waals surface area (Å²) in [5.74, 6) is -0.376. The molecule has 2 aromatic heterocycles. The maximum absolute atomic E-state index is 13.7. The maximum atomic E-state index is 13.7. The number of carbonyl (C=O) groups is 1. The van der Waals surface area contributed by atoms with Crippen LogP contribution in [0.2, 0.25) is 18.1 Å². The van der Waals surface area contributed by atoms with Crippen molar-refractivity contribution < 1.29 is 14.0 Å². The van der Waals surface area contributed by atoms with Gasteiger partial charge in [0.05, 0.1) is 29.0 Å². The summed E-state index contributed by atoms with van der Waals surface area (Å²) < 4.78 is 14.2. The van der Waals surface area contributed by atoms with Crippen LogP contribution in [0.4, 0.5) is 0 Å². The minimum Gasteiger partial charge on any atom is -0.458 e. The molecule has 0 saturated carbocycles. The number of pyridine rings is 2. The largest absolute Gasteiger partial charge is 0.458 e. The van der Waals surface area contributed by atoms with Crippen LogP contribution in [0.25, 0.3) is 22.3 Å². The van der Waals surface area contributed by atoms with Gasteiger partial charge in [0.25, 0.3) is 5.56 Å². The van der Waals surface area contributed by atoms with Crippen LogP contribution in [-0.4, -0.2) is 23.8 Å². The normalized spacial score (nSPS) is 19.2. The van der Waals surface area contributed by atoms with Crippen LogP contribution in [0, 0.1) is 0 Å². The molecular weight excluding hydrogens is 432 g/mol. The van der Waals surface area contributed by atoms with Gasteiger partial charge in [-0.2, -0.15) is 0 Å². The molecule has 172 valence electrons. The van der Waals surface area contributed by atoms with Crippen molar-refractivity contribution in [3.05, 3.63) is 63.4 Å². The second kappa shape index (κ2) is 7.92. The molecule has 3 aromatic rings. The summed E-state index contributed by atoms with van der Waals surface area (Å²) in [5, 5.41) is 1.05. The first-order valence-electron chi connectivity index (χ1n) is 12.0. The quantitative estimate of drug-likeness (QED) is 0.294. The van der Waals surface area contributed by atoms with E-state index in [4.69, 9.17) is 14.1 Å². The lowest BCUT2D eigenvalue weighted by molar-refractivity contribution is -0.170. The highest BCUT2D eigenvalue weighted by Gasteiger charge is 2.52. The van der Waals surface area contributed by atoms with Crippen molar-refractivity contribution in [3.63, 3.8) is 0 Å². The van der Waals surface area contributed by atoms with Crippen LogP contribution in [-0.2, 0) is 32.7 Å². The molecule has 2 aliphatic rings. The van der Waals surface area contributed by atoms with Crippen molar-refractivity contribution in [2.45, 2.75) is 71.0 Å². The number of nitrogens with zero attached hydrogens (tertiary/aromatic N) is 2. The van der Waals surface area contributed by atoms with E-state index >= 15 is 0 Å². The summed E-state index contributed by atoms with van der Waals surface area (Å²) in [6, 6.07) is 14.8. The highest BCUT2D eigenvalue weighted by Crippen LogP contribution is 2.44. The molecule has 1 atom stereocenters. The molecule has 33 heavy (non-hydrogen) atoms. The third kappa shape index (κ3) is 3.13. The molecule has 1 aromatic carbocycles. The van der Waals surface area contributed by atoms with E-state index in [0.29, 0.717) is 24.1 Å². The predicted molar refractivity (Wildman–Crippen MR) is 131 cm³/mol. The summed E-state index contributed by atoms with van der Waals surface area (Å²) in [6.07, 6.45) is 0.425. The minimum atomic E-state index is -2.18. The summed E-state index contributed by atoms with van der Waals surface area (Å²) in [4.78, 5) is 31.9. The number of para-hydroxylation sites is 1. The molecule has 0 fully saturated rings. The van der Waals surface area contributed by atoms with Crippen LogP contribution < -0.4 is 5.56 Å². The SMILES string of the molecule is CC[C@@]1(O[Si](CC)(CC)CC)C(=O)OCc2c1cc1n(c2=O)Cc2cc3ccccc3nc2-1. The van der Waals surface area contributed by atoms with E-state index in [1.807, 2.05) is 37.3 Å². The van der Waals surface area contributed by atoms with Crippen LogP contribution in [0.3, 0.4) is 0 Å². The Kier molecular flexibility index (Phi) is 5.29. The molecule has 0 aliphatic carbocycles. The highest BCUT2D eigenvalue weighted by atomic mass is 28.4. The van der Waals surface area contributed by atoms with Crippen LogP contribution in [0.5, 0.6) is 0 Å². The molecule has 4 heterocycles. The molecule has 5 rings (SSSR count). The minimum absolute atomic E-state index is 0.0108. The topological polar surface area (TPSA) is 70.4 Å². The number of esters is 1. The second-order valence-corrected chi connectivity index (χ2v) is 13.8. The smallest absolute Gasteiger partial charge is 0.342 e. The van der Waals surface area contributed by atoms with Crippen molar-refractivity contribution in [3.8, 4) is 11.4 Å². The van der Waals surface area contributed by atoms with Crippen LogP contribution in [0.15, 0.2) is 41.2 Å². The molecule has 0 unspecified atom stereocenters. The lowest BCUT2D eigenvalue weighted by Crippen LogP contribution is -2.53. The Morgan fingerprint density at radius 2 is 1.82 bits per heavy atom. The highest BCUT2D eigenvalue weighted by molar-refractivity contribution is 6.73. The van der Waals surface area contributed by atoms with Gasteiger partial charge in [0.15, 0.2) is 13.9 Å². The van der Waals surface area contributed by atoms with E-state index in [0.717, 1.165) is 46.0 Å². The third-order valence-electron chi connectivity index (χ3n) is 7.71. The lowest BCUT2D eigenvalue weighted by Gasteiger charge is -2.43. The Hall–Kier alpha value is -2.77. The Labute approximate surface area is 194 Å². The fourth-order valence-electron chi connectivity index (χ4n) is 5.42. The van der Waals surface area contributed by atoms with Gasteiger partial charge in [-0.1, -0.05) is 45.9 Å². The average molecular weight is 463 g/mol. The standard InChI is InChI=1S/C26H30N2O4Si/c1-5-26(32-33(6-2,7-3)8-4)20-14-22-23-18(13-17-11-9-10-12-21(17)27-23)15-28(22)24(29)19(20)16-31-25(26)30/h9-14H,5-8,15-16H2,1-4H3/t26-/m0/s1. The van der Waals surface area contributed by atoms with Gasteiger partial charge < -0.3 is 13.7 Å². The van der Waals surface area contributed by atoms with Gasteiger partial charge in [-0.15, -0.1) is 0 Å².